The van der Waals surface area contributed by atoms with Crippen LogP contribution in [0.1, 0.15) is 30.4 Å². The number of aromatic nitrogens is 3. The van der Waals surface area contributed by atoms with E-state index in [2.05, 4.69) is 52.9 Å². The second-order valence-electron chi connectivity index (χ2n) is 6.46. The van der Waals surface area contributed by atoms with Crippen LogP contribution >= 0.6 is 0 Å². The van der Waals surface area contributed by atoms with Crippen LogP contribution in [0.4, 0.5) is 5.82 Å². The molecular formula is C19H23N5. The molecule has 0 unspecified atom stereocenters. The minimum Gasteiger partial charge on any atom is -0.369 e. The van der Waals surface area contributed by atoms with Gasteiger partial charge >= 0.3 is 0 Å². The van der Waals surface area contributed by atoms with Gasteiger partial charge < -0.3 is 10.6 Å². The maximum Gasteiger partial charge on any atom is 0.157 e. The highest BCUT2D eigenvalue weighted by Gasteiger charge is 2.11. The smallest absolute Gasteiger partial charge is 0.157 e. The van der Waals surface area contributed by atoms with E-state index >= 15 is 0 Å². The van der Waals surface area contributed by atoms with E-state index in [-0.39, 0.29) is 0 Å². The van der Waals surface area contributed by atoms with Crippen LogP contribution in [0.25, 0.3) is 16.9 Å². The molecule has 24 heavy (non-hydrogen) atoms. The number of hydrogen-bond acceptors (Lipinski definition) is 4. The zero-order chi connectivity index (χ0) is 16.4. The molecule has 0 radical (unpaired) electrons. The Bertz CT molecular complexity index is 852. The highest BCUT2D eigenvalue weighted by Crippen LogP contribution is 2.24. The van der Waals surface area contributed by atoms with Crippen molar-refractivity contribution in [1.82, 2.24) is 19.9 Å². The van der Waals surface area contributed by atoms with Gasteiger partial charge in [0.05, 0.1) is 11.9 Å². The van der Waals surface area contributed by atoms with Crippen molar-refractivity contribution in [1.29, 1.82) is 0 Å². The third-order valence-corrected chi connectivity index (χ3v) is 4.54. The predicted molar refractivity (Wildman–Crippen MR) is 97.2 cm³/mol. The monoisotopic (exact) mass is 321 g/mol. The first-order chi connectivity index (χ1) is 11.8. The van der Waals surface area contributed by atoms with Crippen molar-refractivity contribution in [2.45, 2.75) is 32.7 Å². The largest absolute Gasteiger partial charge is 0.369 e. The Morgan fingerprint density at radius 1 is 1.08 bits per heavy atom. The van der Waals surface area contributed by atoms with Gasteiger partial charge in [0.1, 0.15) is 5.82 Å². The van der Waals surface area contributed by atoms with Crippen molar-refractivity contribution in [2.75, 3.05) is 18.4 Å². The number of anilines is 1. The number of hydrogen-bond donors (Lipinski definition) is 2. The van der Waals surface area contributed by atoms with Gasteiger partial charge in [-0.3, -0.25) is 0 Å². The predicted octanol–water partition coefficient (Wildman–Crippen LogP) is 3.39. The number of imidazole rings is 1. The normalized spacial score (nSPS) is 15.7. The topological polar surface area (TPSA) is 54.2 Å². The molecule has 2 aromatic heterocycles. The van der Waals surface area contributed by atoms with Crippen molar-refractivity contribution in [3.63, 3.8) is 0 Å². The quantitative estimate of drug-likeness (QED) is 0.666. The minimum atomic E-state index is 0.903. The number of rotatable bonds is 0. The van der Waals surface area contributed by atoms with Gasteiger partial charge in [0.25, 0.3) is 0 Å². The van der Waals surface area contributed by atoms with E-state index in [0.29, 0.717) is 0 Å². The number of nitrogens with one attached hydrogen (secondary N) is 2. The van der Waals surface area contributed by atoms with Crippen LogP contribution in [0.5, 0.6) is 0 Å². The van der Waals surface area contributed by atoms with Crippen LogP contribution in [0.2, 0.25) is 0 Å². The van der Waals surface area contributed by atoms with Crippen molar-refractivity contribution in [3.05, 3.63) is 47.7 Å². The van der Waals surface area contributed by atoms with Crippen LogP contribution in [0.15, 0.2) is 36.5 Å². The molecule has 1 aliphatic rings. The summed E-state index contributed by atoms with van der Waals surface area (Å²) in [7, 11) is 0. The molecule has 0 atom stereocenters. The maximum atomic E-state index is 4.77. The molecule has 4 rings (SSSR count). The zero-order valence-corrected chi connectivity index (χ0v) is 14.0. The summed E-state index contributed by atoms with van der Waals surface area (Å²) in [5.74, 6) is 0.920. The Labute approximate surface area is 142 Å². The van der Waals surface area contributed by atoms with Gasteiger partial charge in [-0.05, 0) is 49.6 Å². The first kappa shape index (κ1) is 15.1. The summed E-state index contributed by atoms with van der Waals surface area (Å²) in [4.78, 5) is 4.58. The Morgan fingerprint density at radius 2 is 2.00 bits per heavy atom. The molecule has 4 bridgehead atoms. The molecule has 1 aromatic carbocycles. The molecular weight excluding hydrogens is 298 g/mol. The van der Waals surface area contributed by atoms with E-state index in [1.807, 2.05) is 10.7 Å². The second-order valence-corrected chi connectivity index (χ2v) is 6.46. The number of benzene rings is 1. The molecule has 3 heterocycles. The molecule has 0 spiro atoms. The summed E-state index contributed by atoms with van der Waals surface area (Å²) in [5.41, 5.74) is 5.54. The lowest BCUT2D eigenvalue weighted by atomic mass is 10.1. The number of nitrogens with zero attached hydrogens (tertiary/aromatic N) is 3. The Morgan fingerprint density at radius 3 is 2.96 bits per heavy atom. The van der Waals surface area contributed by atoms with Crippen LogP contribution in [-0.2, 0) is 6.54 Å². The molecule has 2 N–H and O–H groups in total. The van der Waals surface area contributed by atoms with E-state index in [1.54, 1.807) is 0 Å². The third-order valence-electron chi connectivity index (χ3n) is 4.54. The van der Waals surface area contributed by atoms with Gasteiger partial charge in [-0.25, -0.2) is 9.50 Å². The molecule has 5 heteroatoms. The second kappa shape index (κ2) is 6.61. The van der Waals surface area contributed by atoms with E-state index < -0.39 is 0 Å². The lowest BCUT2D eigenvalue weighted by molar-refractivity contribution is 0.610. The van der Waals surface area contributed by atoms with Crippen LogP contribution < -0.4 is 10.6 Å². The van der Waals surface area contributed by atoms with Gasteiger partial charge in [-0.1, -0.05) is 24.6 Å². The molecule has 0 saturated carbocycles. The molecule has 5 nitrogen and oxygen atoms in total. The van der Waals surface area contributed by atoms with Crippen LogP contribution in [0.3, 0.4) is 0 Å². The van der Waals surface area contributed by atoms with Gasteiger partial charge in [-0.2, -0.15) is 0 Å². The van der Waals surface area contributed by atoms with Crippen molar-refractivity contribution in [3.8, 4) is 11.3 Å². The van der Waals surface area contributed by atoms with Crippen LogP contribution in [-0.4, -0.2) is 27.7 Å². The third kappa shape index (κ3) is 2.99. The highest BCUT2D eigenvalue weighted by atomic mass is 15.3. The van der Waals surface area contributed by atoms with Crippen molar-refractivity contribution < 1.29 is 0 Å². The molecule has 3 aromatic rings. The Balaban J connectivity index is 1.82. The maximum absolute atomic E-state index is 4.77. The van der Waals surface area contributed by atoms with E-state index in [0.717, 1.165) is 54.3 Å². The summed E-state index contributed by atoms with van der Waals surface area (Å²) in [6.45, 7) is 5.01. The standard InChI is InChI=1S/C19H23N5/c1-14-10-18-21-9-4-2-3-8-20-12-15-6-5-7-16(11-15)17-13-22-19(14)24(17)23-18/h5-7,10-11,13,20H,2-4,8-9,12H2,1H3,(H,21,23). The summed E-state index contributed by atoms with van der Waals surface area (Å²) in [6, 6.07) is 10.7. The molecule has 124 valence electrons. The average molecular weight is 321 g/mol. The van der Waals surface area contributed by atoms with Gasteiger partial charge in [0.2, 0.25) is 0 Å². The zero-order valence-electron chi connectivity index (χ0n) is 14.0. The summed E-state index contributed by atoms with van der Waals surface area (Å²) >= 11 is 0. The first-order valence-electron chi connectivity index (χ1n) is 8.70. The SMILES string of the molecule is Cc1cc2nn3c(cnc13)-c1cccc(c1)CNCCCCCN2. The summed E-state index contributed by atoms with van der Waals surface area (Å²) in [5, 5.41) is 11.8. The fourth-order valence-electron chi connectivity index (χ4n) is 3.25. The lowest BCUT2D eigenvalue weighted by Gasteiger charge is -2.09. The molecule has 0 fully saturated rings. The van der Waals surface area contributed by atoms with Gasteiger partial charge in [0.15, 0.2) is 5.65 Å². The summed E-state index contributed by atoms with van der Waals surface area (Å²) in [6.07, 6.45) is 5.50. The van der Waals surface area contributed by atoms with Crippen LogP contribution in [0, 0.1) is 6.92 Å². The summed E-state index contributed by atoms with van der Waals surface area (Å²) < 4.78 is 1.96. The van der Waals surface area contributed by atoms with E-state index in [4.69, 9.17) is 5.10 Å². The molecule has 1 aliphatic heterocycles. The fourth-order valence-corrected chi connectivity index (χ4v) is 3.25. The Hall–Kier alpha value is -2.40. The van der Waals surface area contributed by atoms with Gasteiger partial charge in [0, 0.05) is 18.7 Å². The fraction of sp³-hybridized carbons (Fsp3) is 0.368. The average Bonchev–Trinajstić information content (AvgIpc) is 3.01. The van der Waals surface area contributed by atoms with Gasteiger partial charge in [-0.15, -0.1) is 5.10 Å². The molecule has 0 saturated heterocycles. The van der Waals surface area contributed by atoms with Crippen molar-refractivity contribution in [2.24, 2.45) is 0 Å². The minimum absolute atomic E-state index is 0.903. The highest BCUT2D eigenvalue weighted by molar-refractivity contribution is 5.66. The first-order valence-corrected chi connectivity index (χ1v) is 8.70. The molecule has 0 amide bonds. The van der Waals surface area contributed by atoms with E-state index in [9.17, 15) is 0 Å². The molecule has 0 aliphatic carbocycles. The number of fused-ring (bicyclic) bond motifs is 4. The lowest BCUT2D eigenvalue weighted by Crippen LogP contribution is -2.15. The number of aryl methyl sites for hydroxylation is 1. The Kier molecular flexibility index (Phi) is 4.17. The van der Waals surface area contributed by atoms with Crippen molar-refractivity contribution >= 4 is 11.5 Å². The van der Waals surface area contributed by atoms with E-state index in [1.165, 1.54) is 18.4 Å².